The van der Waals surface area contributed by atoms with Crippen molar-refractivity contribution in [2.75, 3.05) is 5.73 Å². The Balaban J connectivity index is 2.07. The number of aryl methyl sites for hydroxylation is 1. The molecular formula is C12H18N6S. The molecule has 0 atom stereocenters. The Morgan fingerprint density at radius 2 is 2.11 bits per heavy atom. The van der Waals surface area contributed by atoms with Crippen LogP contribution < -0.4 is 11.5 Å². The van der Waals surface area contributed by atoms with Crippen LogP contribution in [0.4, 0.5) is 5.82 Å². The number of rotatable bonds is 5. The van der Waals surface area contributed by atoms with Crippen molar-refractivity contribution in [1.29, 1.82) is 0 Å². The molecule has 0 fully saturated rings. The number of nitrogens with zero attached hydrogens (tertiary/aromatic N) is 4. The van der Waals surface area contributed by atoms with Gasteiger partial charge in [0.05, 0.1) is 11.3 Å². The summed E-state index contributed by atoms with van der Waals surface area (Å²) in [6.07, 6.45) is 5.06. The number of thiocarbonyl (C=S) groups is 1. The van der Waals surface area contributed by atoms with Crippen LogP contribution in [-0.2, 0) is 6.54 Å². The number of imidazole rings is 1. The van der Waals surface area contributed by atoms with Crippen molar-refractivity contribution in [3.63, 3.8) is 0 Å². The van der Waals surface area contributed by atoms with Gasteiger partial charge in [0.2, 0.25) is 0 Å². The summed E-state index contributed by atoms with van der Waals surface area (Å²) in [5.74, 6) is 0.409. The first kappa shape index (κ1) is 13.7. The van der Waals surface area contributed by atoms with Crippen LogP contribution in [0.3, 0.4) is 0 Å². The van der Waals surface area contributed by atoms with E-state index in [9.17, 15) is 0 Å². The van der Waals surface area contributed by atoms with Crippen LogP contribution in [0.15, 0.2) is 12.7 Å². The third-order valence-electron chi connectivity index (χ3n) is 3.30. The van der Waals surface area contributed by atoms with Crippen molar-refractivity contribution in [3.05, 3.63) is 12.7 Å². The molecule has 7 heteroatoms. The highest BCUT2D eigenvalue weighted by molar-refractivity contribution is 7.80. The number of hydrogen-bond donors (Lipinski definition) is 2. The van der Waals surface area contributed by atoms with Gasteiger partial charge in [0, 0.05) is 12.0 Å². The first-order valence-electron chi connectivity index (χ1n) is 6.13. The quantitative estimate of drug-likeness (QED) is 0.805. The Kier molecular flexibility index (Phi) is 3.66. The lowest BCUT2D eigenvalue weighted by Gasteiger charge is -2.22. The Morgan fingerprint density at radius 1 is 1.37 bits per heavy atom. The third kappa shape index (κ3) is 2.81. The monoisotopic (exact) mass is 278 g/mol. The molecule has 0 amide bonds. The van der Waals surface area contributed by atoms with E-state index >= 15 is 0 Å². The normalized spacial score (nSPS) is 11.9. The molecule has 0 spiro atoms. The Bertz CT molecular complexity index is 603. The molecule has 0 bridgehead atoms. The largest absolute Gasteiger partial charge is 0.393 e. The summed E-state index contributed by atoms with van der Waals surface area (Å²) in [4.78, 5) is 12.9. The number of fused-ring (bicyclic) bond motifs is 1. The second-order valence-corrected chi connectivity index (χ2v) is 5.66. The van der Waals surface area contributed by atoms with E-state index in [0.717, 1.165) is 25.0 Å². The summed E-state index contributed by atoms with van der Waals surface area (Å²) in [6, 6.07) is 0. The van der Waals surface area contributed by atoms with Crippen LogP contribution in [-0.4, -0.2) is 24.5 Å². The average molecular weight is 278 g/mol. The molecule has 2 heterocycles. The van der Waals surface area contributed by atoms with Crippen LogP contribution >= 0.6 is 12.2 Å². The highest BCUT2D eigenvalue weighted by Crippen LogP contribution is 2.23. The van der Waals surface area contributed by atoms with Crippen LogP contribution in [0.1, 0.15) is 26.7 Å². The van der Waals surface area contributed by atoms with Gasteiger partial charge >= 0.3 is 0 Å². The van der Waals surface area contributed by atoms with Crippen molar-refractivity contribution in [2.24, 2.45) is 11.1 Å². The highest BCUT2D eigenvalue weighted by Gasteiger charge is 2.20. The maximum absolute atomic E-state index is 5.75. The van der Waals surface area contributed by atoms with Gasteiger partial charge in [0.25, 0.3) is 0 Å². The molecule has 0 saturated carbocycles. The first-order valence-corrected chi connectivity index (χ1v) is 6.54. The Morgan fingerprint density at radius 3 is 2.79 bits per heavy atom. The fraction of sp³-hybridized carbons (Fsp3) is 0.500. The van der Waals surface area contributed by atoms with E-state index in [1.165, 1.54) is 6.33 Å². The smallest absolute Gasteiger partial charge is 0.165 e. The van der Waals surface area contributed by atoms with Crippen molar-refractivity contribution < 1.29 is 0 Å². The predicted molar refractivity (Wildman–Crippen MR) is 79.5 cm³/mol. The van der Waals surface area contributed by atoms with E-state index in [1.54, 1.807) is 6.33 Å². The number of hydrogen-bond acceptors (Lipinski definition) is 5. The van der Waals surface area contributed by atoms with Gasteiger partial charge in [-0.25, -0.2) is 15.0 Å². The number of anilines is 1. The number of nitrogen functional groups attached to an aromatic ring is 1. The second-order valence-electron chi connectivity index (χ2n) is 5.22. The summed E-state index contributed by atoms with van der Waals surface area (Å²) in [5.41, 5.74) is 12.8. The molecule has 19 heavy (non-hydrogen) atoms. The van der Waals surface area contributed by atoms with Crippen LogP contribution in [0.2, 0.25) is 0 Å². The van der Waals surface area contributed by atoms with Gasteiger partial charge in [-0.2, -0.15) is 0 Å². The molecule has 0 aromatic carbocycles. The van der Waals surface area contributed by atoms with E-state index in [-0.39, 0.29) is 5.41 Å². The third-order valence-corrected chi connectivity index (χ3v) is 3.85. The van der Waals surface area contributed by atoms with E-state index in [0.29, 0.717) is 16.3 Å². The molecule has 4 N–H and O–H groups in total. The Hall–Kier alpha value is -1.76. The summed E-state index contributed by atoms with van der Waals surface area (Å²) >= 11 is 5.06. The summed E-state index contributed by atoms with van der Waals surface area (Å²) < 4.78 is 1.98. The minimum atomic E-state index is -0.125. The minimum Gasteiger partial charge on any atom is -0.393 e. The van der Waals surface area contributed by atoms with Crippen LogP contribution in [0.25, 0.3) is 11.2 Å². The molecule has 0 aliphatic carbocycles. The van der Waals surface area contributed by atoms with Gasteiger partial charge in [0.15, 0.2) is 11.5 Å². The standard InChI is InChI=1S/C12H18N6S/c1-12(2,11(14)19)4-3-5-18-7-17-8-9(13)15-6-16-10(8)18/h6-7H,3-5H2,1-2H3,(H2,14,19)(H2,13,15,16). The van der Waals surface area contributed by atoms with E-state index < -0.39 is 0 Å². The predicted octanol–water partition coefficient (Wildman–Crippen LogP) is 1.50. The zero-order valence-corrected chi connectivity index (χ0v) is 11.9. The highest BCUT2D eigenvalue weighted by atomic mass is 32.1. The van der Waals surface area contributed by atoms with Gasteiger partial charge < -0.3 is 16.0 Å². The number of aromatic nitrogens is 4. The molecule has 0 aliphatic heterocycles. The van der Waals surface area contributed by atoms with Crippen molar-refractivity contribution in [1.82, 2.24) is 19.5 Å². The fourth-order valence-corrected chi connectivity index (χ4v) is 1.98. The molecular weight excluding hydrogens is 260 g/mol. The molecule has 2 aromatic rings. The summed E-state index contributed by atoms with van der Waals surface area (Å²) in [6.45, 7) is 4.92. The minimum absolute atomic E-state index is 0.125. The molecule has 0 aliphatic rings. The second kappa shape index (κ2) is 5.08. The molecule has 0 radical (unpaired) electrons. The molecule has 0 saturated heterocycles. The van der Waals surface area contributed by atoms with E-state index in [1.807, 2.05) is 4.57 Å². The topological polar surface area (TPSA) is 95.6 Å². The van der Waals surface area contributed by atoms with Crippen LogP contribution in [0.5, 0.6) is 0 Å². The van der Waals surface area contributed by atoms with Crippen molar-refractivity contribution in [3.8, 4) is 0 Å². The molecule has 102 valence electrons. The van der Waals surface area contributed by atoms with E-state index in [4.69, 9.17) is 23.7 Å². The zero-order valence-electron chi connectivity index (χ0n) is 11.1. The van der Waals surface area contributed by atoms with Gasteiger partial charge in [-0.15, -0.1) is 0 Å². The van der Waals surface area contributed by atoms with E-state index in [2.05, 4.69) is 28.8 Å². The molecule has 0 unspecified atom stereocenters. The van der Waals surface area contributed by atoms with Crippen LogP contribution in [0, 0.1) is 5.41 Å². The lowest BCUT2D eigenvalue weighted by Crippen LogP contribution is -2.29. The SMILES string of the molecule is CC(C)(CCCn1cnc2c(N)ncnc21)C(N)=S. The van der Waals surface area contributed by atoms with Gasteiger partial charge in [0.1, 0.15) is 11.8 Å². The maximum atomic E-state index is 5.75. The van der Waals surface area contributed by atoms with Crippen molar-refractivity contribution in [2.45, 2.75) is 33.2 Å². The van der Waals surface area contributed by atoms with Gasteiger partial charge in [-0.1, -0.05) is 26.1 Å². The van der Waals surface area contributed by atoms with Gasteiger partial charge in [-0.05, 0) is 12.8 Å². The van der Waals surface area contributed by atoms with Gasteiger partial charge in [-0.3, -0.25) is 0 Å². The maximum Gasteiger partial charge on any atom is 0.165 e. The first-order chi connectivity index (χ1) is 8.92. The summed E-state index contributed by atoms with van der Waals surface area (Å²) in [5, 5.41) is 0. The lowest BCUT2D eigenvalue weighted by atomic mass is 9.88. The zero-order chi connectivity index (χ0) is 14.0. The molecule has 2 rings (SSSR count). The van der Waals surface area contributed by atoms with Crippen molar-refractivity contribution >= 4 is 34.2 Å². The molecule has 2 aromatic heterocycles. The fourth-order valence-electron chi connectivity index (χ4n) is 1.88. The number of nitrogens with two attached hydrogens (primary N) is 2. The summed E-state index contributed by atoms with van der Waals surface area (Å²) in [7, 11) is 0. The molecule has 6 nitrogen and oxygen atoms in total. The Labute approximate surface area is 117 Å². The average Bonchev–Trinajstić information content (AvgIpc) is 2.74. The lowest BCUT2D eigenvalue weighted by molar-refractivity contribution is 0.438.